The minimum Gasteiger partial charge on any atom is -0.693 e. The number of amides is 2. The average molecular weight is 2970 g/mol. The number of H-pyrrole nitrogens is 2. The van der Waals surface area contributed by atoms with E-state index in [1.54, 1.807) is 48.5 Å². The van der Waals surface area contributed by atoms with Crippen LogP contribution in [0.1, 0.15) is 224 Å². The molecule has 1 aliphatic rings. The Bertz CT molecular complexity index is 4580. The number of anilines is 2. The Morgan fingerprint density at radius 1 is 0.400 bits per heavy atom. The van der Waals surface area contributed by atoms with Crippen molar-refractivity contribution in [3.63, 3.8) is 0 Å². The van der Waals surface area contributed by atoms with Gasteiger partial charge in [-0.1, -0.05) is 63.8 Å². The van der Waals surface area contributed by atoms with Crippen molar-refractivity contribution < 1.29 is 220 Å². The van der Waals surface area contributed by atoms with Crippen molar-refractivity contribution in [1.82, 2.24) is 50.5 Å². The Morgan fingerprint density at radius 3 is 0.959 bits per heavy atom. The minimum absolute atomic E-state index is 0. The van der Waals surface area contributed by atoms with Crippen LogP contribution >= 0.6 is 75.3 Å². The monoisotopic (exact) mass is 2960 g/mol. The molecule has 846 valence electrons. The van der Waals surface area contributed by atoms with Crippen molar-refractivity contribution in [2.24, 2.45) is 5.73 Å². The summed E-state index contributed by atoms with van der Waals surface area (Å²) in [6.45, 7) is 6.02. The first kappa shape index (κ1) is 170. The SMILES string of the molecule is CCCCCC(=O)O.CCCCCC(O)O.NCCOCCCC(=O)CCC(NC(=O)c1ccc(CCc2cnc3nc(N)[nH]c(=O)c3n2)cc1)C(=O)O.Nc1nc2ncc(CCc3ccc(C(=O)NC(CCC(=O)CCCOCCCC(=O)CCC(=O)O)C(=O)O)cc3)nc2c(=O)[nH]1.O.O.O.O=C(O)CCC(=O)O.O=C(O)CCC(=O)O.O=C1CCC(=O)O1.[Cl][Pt+2][Cl].[Cl][Pt+2][Cl].[Cl][Pt+2][Cl].[Cl][Pt+2][Cl].[NH2-].[NH2-].[NH2-].[NH2-].[NH2-].[NH2-].[NH2-].[NH2-]. The number of cyclic esters (lactones) is 2. The molecule has 54 nitrogen and oxygen atoms in total. The van der Waals surface area contributed by atoms with Crippen LogP contribution in [0.2, 0.25) is 0 Å². The molecule has 0 saturated carbocycles. The molecule has 0 radical (unpaired) electrons. The topological polar surface area (TPSA) is 1090 Å². The van der Waals surface area contributed by atoms with Gasteiger partial charge in [-0.2, -0.15) is 9.97 Å². The quantitative estimate of drug-likeness (QED) is 0.00730. The van der Waals surface area contributed by atoms with Crippen LogP contribution in [0, 0.1) is 0 Å². The number of halogens is 8. The van der Waals surface area contributed by atoms with Gasteiger partial charge in [-0.15, -0.1) is 0 Å². The van der Waals surface area contributed by atoms with Crippen molar-refractivity contribution in [3.8, 4) is 0 Å². The van der Waals surface area contributed by atoms with Gasteiger partial charge in [0.15, 0.2) is 28.6 Å². The summed E-state index contributed by atoms with van der Waals surface area (Å²) in [6.07, 6.45) is 12.2. The summed E-state index contributed by atoms with van der Waals surface area (Å²) in [6, 6.07) is 10.9. The number of hydrogen-bond donors (Lipinski definition) is 17. The van der Waals surface area contributed by atoms with Crippen LogP contribution in [0.3, 0.4) is 0 Å². The molecular weight excluding hydrogens is 2830 g/mol. The molecule has 4 aromatic heterocycles. The number of aryl methyl sites for hydroxylation is 4. The van der Waals surface area contributed by atoms with Crippen molar-refractivity contribution in [2.75, 3.05) is 44.4 Å². The van der Waals surface area contributed by atoms with E-state index in [9.17, 15) is 91.7 Å². The van der Waals surface area contributed by atoms with E-state index >= 15 is 0 Å². The second kappa shape index (κ2) is 110. The number of unbranched alkanes of at least 4 members (excludes halogenated alkanes) is 4. The Hall–Kier alpha value is -8.24. The van der Waals surface area contributed by atoms with Gasteiger partial charge in [-0.3, -0.25) is 81.9 Å². The molecule has 1 saturated heterocycles. The van der Waals surface area contributed by atoms with Crippen LogP contribution in [0.25, 0.3) is 71.5 Å². The summed E-state index contributed by atoms with van der Waals surface area (Å²) in [5.74, 6) is -10.8. The maximum absolute atomic E-state index is 12.7. The second-order valence-corrected chi connectivity index (χ2v) is 40.1. The number of carboxylic acids is 8. The third kappa shape index (κ3) is 98.8. The van der Waals surface area contributed by atoms with Gasteiger partial charge < -0.3 is 159 Å². The number of benzene rings is 2. The maximum Gasteiger partial charge on any atom is -0.693 e. The van der Waals surface area contributed by atoms with E-state index in [1.807, 2.05) is 0 Å². The molecule has 2 unspecified atom stereocenters. The molecule has 145 heavy (non-hydrogen) atoms. The van der Waals surface area contributed by atoms with E-state index in [-0.39, 0.29) is 219 Å². The zero-order chi connectivity index (χ0) is 102. The molecule has 5 heterocycles. The van der Waals surface area contributed by atoms with Crippen LogP contribution in [-0.2, 0) is 168 Å². The zero-order valence-corrected chi connectivity index (χ0v) is 93.4. The van der Waals surface area contributed by atoms with Gasteiger partial charge in [0.05, 0.1) is 75.3 Å². The van der Waals surface area contributed by atoms with Gasteiger partial charge >= 0.3 is 201 Å². The van der Waals surface area contributed by atoms with Crippen molar-refractivity contribution >= 4 is 198 Å². The van der Waals surface area contributed by atoms with Crippen molar-refractivity contribution in [3.05, 3.63) is 164 Å². The van der Waals surface area contributed by atoms with E-state index in [2.05, 4.69) is 69.1 Å². The molecule has 6 aromatic rings. The smallest absolute Gasteiger partial charge is 0.693 e. The van der Waals surface area contributed by atoms with Crippen molar-refractivity contribution in [2.45, 2.75) is 225 Å². The molecule has 1 fully saturated rings. The Balaban J connectivity index is -0.000000116. The van der Waals surface area contributed by atoms with Crippen LogP contribution in [0.5, 0.6) is 0 Å². The summed E-state index contributed by atoms with van der Waals surface area (Å²) >= 11 is -1.89. The molecule has 2 amide bonds. The van der Waals surface area contributed by atoms with Gasteiger partial charge in [0.2, 0.25) is 11.9 Å². The predicted octanol–water partition coefficient (Wildman–Crippen LogP) is 13.0. The number of carbonyl (C=O) groups excluding carboxylic acids is 7. The normalized spacial score (nSPS) is 10.3. The van der Waals surface area contributed by atoms with Gasteiger partial charge in [-0.25, -0.2) is 29.5 Å². The Labute approximate surface area is 900 Å². The van der Waals surface area contributed by atoms with Crippen LogP contribution in [-0.4, -0.2) is 248 Å². The number of Topliss-reactive ketones (excluding diaryl/α,β-unsaturated/α-hetero) is 3. The Kier molecular flexibility index (Phi) is 129. The molecule has 7 rings (SSSR count). The number of ether oxygens (including phenoxy) is 3. The number of aromatic amines is 2. The number of carbonyl (C=O) groups is 15. The van der Waals surface area contributed by atoms with Crippen molar-refractivity contribution in [1.29, 1.82) is 0 Å². The number of nitrogens with zero attached hydrogens (tertiary/aromatic N) is 6. The summed E-state index contributed by atoms with van der Waals surface area (Å²) in [7, 11) is 39.0. The number of hydrogen-bond acceptors (Lipinski definition) is 31. The van der Waals surface area contributed by atoms with E-state index in [4.69, 9.17) is 143 Å². The number of nitrogens with two attached hydrogens (primary N) is 11. The number of aromatic nitrogens is 8. The molecule has 42 N–H and O–H groups in total. The third-order valence-corrected chi connectivity index (χ3v) is 16.4. The molecule has 2 aromatic carbocycles. The number of aliphatic carboxylic acids is 8. The minimum atomic E-state index is -1.25. The standard InChI is InChI=1S/C30H36N6O9.C25H31N7O6.C6H14O2.C6H12O2.2C4H6O4.C4H4O3.8ClH.8H2N.3H2O.4Pt/c31-30-35-26-25(28(42)36-30)33-20(17-32-26)10-7-18-5-8-19(9-6-18)27(41)34-23(29(43)44)13-11-21(37)3-1-15-45-16-2-4-22(38)12-14-24(39)40;26-11-13-38-12-1-2-18(33)9-10-19(24(36)37)30-22(34)16-6-3-15(4-7-16)5-8-17-14-28-21-20(29-17)23(35)32-25(27)31-21;2*1-2-3-4-5-6(7)8;2*5-3(6)1-2-4(7)8;5-3-1-2-4(6)7-3;;;;;;;;;;;;;;;;;;;;;;;/h5-6,8-9,17,23H,1-4,7,10-16H2,(H,34,41)(H,39,40)(H,43,44)(H3,31,32,35,36,42);3-4,6-7,14,19H,1-2,5,8-13,26H2,(H,30,34)(H,36,37)(H3,27,28,31,32,35);6-8H,2-5H2,1H3;2-5H2,1H3,(H,7,8);2*1-2H2,(H,5,6)(H,7,8);1-2H2;8*1H;11*1H2;;;;/q;;;;;;;;;;;;;;;8*-1;;;;4*+4/p-8. The molecule has 66 heteroatoms. The summed E-state index contributed by atoms with van der Waals surface area (Å²) in [5.41, 5.74) is 19.5. The number of ketones is 3. The second-order valence-electron chi connectivity index (χ2n) is 26.9. The molecule has 0 aliphatic carbocycles. The fraction of sp³-hybridized carbons (Fsp3) is 0.506. The van der Waals surface area contributed by atoms with Crippen LogP contribution in [0.15, 0.2) is 70.5 Å². The van der Waals surface area contributed by atoms with Gasteiger partial charge in [-0.05, 0) is 112 Å². The number of aliphatic hydroxyl groups excluding tert-OH is 1. The van der Waals surface area contributed by atoms with Crippen LogP contribution < -0.4 is 39.0 Å². The average Bonchev–Trinajstić information content (AvgIpc) is 1.81. The number of esters is 2. The van der Waals surface area contributed by atoms with Gasteiger partial charge in [0, 0.05) is 82.4 Å². The molecule has 0 spiro atoms. The van der Waals surface area contributed by atoms with Gasteiger partial charge in [0.25, 0.3) is 22.9 Å². The third-order valence-electron chi connectivity index (χ3n) is 16.4. The first-order chi connectivity index (χ1) is 63.5. The molecule has 0 bridgehead atoms. The number of nitrogen functional groups attached to an aromatic ring is 2. The predicted molar refractivity (Wildman–Crippen MR) is 532 cm³/mol. The largest absolute Gasteiger partial charge is 0.693 e. The van der Waals surface area contributed by atoms with E-state index in [0.29, 0.717) is 108 Å². The zero-order valence-electron chi connectivity index (χ0n) is 78.2. The summed E-state index contributed by atoms with van der Waals surface area (Å²) in [5, 5.41) is 89.0. The molecule has 2 atom stereocenters. The van der Waals surface area contributed by atoms with Crippen LogP contribution in [0.4, 0.5) is 11.9 Å². The molecular formula is C79H131Cl8N21O33Pt4. The fourth-order valence-electron chi connectivity index (χ4n) is 9.97. The fourth-order valence-corrected chi connectivity index (χ4v) is 9.97. The Morgan fingerprint density at radius 2 is 0.690 bits per heavy atom. The first-order valence-electron chi connectivity index (χ1n) is 39.9. The number of nitrogens with one attached hydrogen (secondary N) is 4. The van der Waals surface area contributed by atoms with E-state index in [0.717, 1.165) is 49.7 Å². The number of fused-ring (bicyclic) bond motifs is 2. The van der Waals surface area contributed by atoms with E-state index in [1.165, 1.54) is 12.4 Å². The number of aliphatic hydroxyl groups is 2. The van der Waals surface area contributed by atoms with E-state index < -0.39 is 167 Å². The maximum atomic E-state index is 12.7. The molecule has 1 aliphatic heterocycles. The summed E-state index contributed by atoms with van der Waals surface area (Å²) in [4.78, 5) is 217. The first-order valence-corrected chi connectivity index (χ1v) is 62.4. The number of rotatable bonds is 49. The van der Waals surface area contributed by atoms with Gasteiger partial charge in [0.1, 0.15) is 29.4 Å². The summed E-state index contributed by atoms with van der Waals surface area (Å²) < 4.78 is 14.7. The number of carboxylic acid groups (broad SMARTS) is 8.